The van der Waals surface area contributed by atoms with Crippen LogP contribution in [0.5, 0.6) is 0 Å². The first-order chi connectivity index (χ1) is 14.2. The summed E-state index contributed by atoms with van der Waals surface area (Å²) in [7, 11) is 0. The Kier molecular flexibility index (Phi) is 5.86. The van der Waals surface area contributed by atoms with E-state index in [2.05, 4.69) is 10.2 Å². The highest BCUT2D eigenvalue weighted by molar-refractivity contribution is 6.07. The van der Waals surface area contributed by atoms with Crippen molar-refractivity contribution in [3.63, 3.8) is 0 Å². The molecular formula is C24H25N3O2. The van der Waals surface area contributed by atoms with Crippen LogP contribution < -0.4 is 5.32 Å². The fourth-order valence-electron chi connectivity index (χ4n) is 3.75. The van der Waals surface area contributed by atoms with E-state index in [4.69, 9.17) is 0 Å². The maximum Gasteiger partial charge on any atom is 0.254 e. The van der Waals surface area contributed by atoms with Gasteiger partial charge in [0, 0.05) is 38.3 Å². The molecule has 0 atom stereocenters. The summed E-state index contributed by atoms with van der Waals surface area (Å²) in [5, 5.41) is 5.03. The number of carbonyl (C=O) groups excluding carboxylic acids is 2. The second-order valence-corrected chi connectivity index (χ2v) is 7.36. The first-order valence-electron chi connectivity index (χ1n) is 10.0. The minimum absolute atomic E-state index is 0.0164. The summed E-state index contributed by atoms with van der Waals surface area (Å²) >= 11 is 0. The number of benzene rings is 3. The predicted octanol–water partition coefficient (Wildman–Crippen LogP) is 2.91. The number of hydrogen-bond acceptors (Lipinski definition) is 3. The molecule has 1 saturated heterocycles. The Morgan fingerprint density at radius 3 is 2.28 bits per heavy atom. The van der Waals surface area contributed by atoms with E-state index < -0.39 is 0 Å². The average Bonchev–Trinajstić information content (AvgIpc) is 2.78. The summed E-state index contributed by atoms with van der Waals surface area (Å²) in [5.41, 5.74) is 1.84. The summed E-state index contributed by atoms with van der Waals surface area (Å²) < 4.78 is 0. The van der Waals surface area contributed by atoms with Crippen LogP contribution in [0.1, 0.15) is 15.9 Å². The molecule has 0 unspecified atom stereocenters. The molecular weight excluding hydrogens is 362 g/mol. The zero-order valence-electron chi connectivity index (χ0n) is 16.4. The van der Waals surface area contributed by atoms with E-state index in [9.17, 15) is 9.59 Å². The maximum atomic E-state index is 13.0. The van der Waals surface area contributed by atoms with Crippen molar-refractivity contribution in [2.75, 3.05) is 32.7 Å². The van der Waals surface area contributed by atoms with Gasteiger partial charge >= 0.3 is 0 Å². The van der Waals surface area contributed by atoms with Crippen molar-refractivity contribution in [2.45, 2.75) is 6.54 Å². The van der Waals surface area contributed by atoms with Gasteiger partial charge in [0.2, 0.25) is 5.91 Å². The summed E-state index contributed by atoms with van der Waals surface area (Å²) in [6, 6.07) is 23.7. The van der Waals surface area contributed by atoms with Gasteiger partial charge in [0.15, 0.2) is 0 Å². The van der Waals surface area contributed by atoms with E-state index in [1.807, 2.05) is 77.7 Å². The van der Waals surface area contributed by atoms with Gasteiger partial charge in [-0.3, -0.25) is 14.5 Å². The molecule has 2 amide bonds. The monoisotopic (exact) mass is 387 g/mol. The van der Waals surface area contributed by atoms with Crippen molar-refractivity contribution in [1.82, 2.24) is 15.1 Å². The molecule has 0 spiro atoms. The number of fused-ring (bicyclic) bond motifs is 1. The minimum Gasteiger partial charge on any atom is -0.351 e. The zero-order chi connectivity index (χ0) is 20.1. The number of nitrogens with zero attached hydrogens (tertiary/aromatic N) is 2. The molecule has 0 saturated carbocycles. The lowest BCUT2D eigenvalue weighted by atomic mass is 10.0. The molecule has 0 bridgehead atoms. The molecule has 1 fully saturated rings. The van der Waals surface area contributed by atoms with E-state index in [-0.39, 0.29) is 11.8 Å². The second-order valence-electron chi connectivity index (χ2n) is 7.36. The number of hydrogen-bond donors (Lipinski definition) is 1. The van der Waals surface area contributed by atoms with Gasteiger partial charge in [-0.15, -0.1) is 0 Å². The number of amides is 2. The first kappa shape index (κ1) is 19.2. The van der Waals surface area contributed by atoms with Crippen LogP contribution in [-0.4, -0.2) is 54.3 Å². The normalized spacial score (nSPS) is 14.7. The lowest BCUT2D eigenvalue weighted by Gasteiger charge is -2.34. The third kappa shape index (κ3) is 4.63. The van der Waals surface area contributed by atoms with Gasteiger partial charge in [-0.2, -0.15) is 0 Å². The van der Waals surface area contributed by atoms with Gasteiger partial charge < -0.3 is 10.2 Å². The zero-order valence-corrected chi connectivity index (χ0v) is 16.4. The number of carbonyl (C=O) groups is 2. The van der Waals surface area contributed by atoms with E-state index in [1.54, 1.807) is 0 Å². The third-order valence-corrected chi connectivity index (χ3v) is 5.38. The van der Waals surface area contributed by atoms with Crippen LogP contribution in [0.15, 0.2) is 72.8 Å². The van der Waals surface area contributed by atoms with Crippen molar-refractivity contribution < 1.29 is 9.59 Å². The van der Waals surface area contributed by atoms with E-state index >= 15 is 0 Å². The molecule has 0 radical (unpaired) electrons. The molecule has 3 aromatic rings. The van der Waals surface area contributed by atoms with Crippen LogP contribution in [0.25, 0.3) is 10.8 Å². The fourth-order valence-corrected chi connectivity index (χ4v) is 3.75. The SMILES string of the molecule is O=C(CN1CCN(C(=O)c2cccc3ccccc23)CC1)NCc1ccccc1. The lowest BCUT2D eigenvalue weighted by Crippen LogP contribution is -2.51. The number of piperazine rings is 1. The predicted molar refractivity (Wildman–Crippen MR) is 115 cm³/mol. The Labute approximate surface area is 170 Å². The molecule has 5 heteroatoms. The maximum absolute atomic E-state index is 13.0. The Balaban J connectivity index is 1.30. The molecule has 1 aliphatic rings. The summed E-state index contributed by atoms with van der Waals surface area (Å²) in [5.74, 6) is 0.0812. The molecule has 4 rings (SSSR count). The minimum atomic E-state index is 0.0164. The van der Waals surface area contributed by atoms with Gasteiger partial charge in [0.25, 0.3) is 5.91 Å². The highest BCUT2D eigenvalue weighted by Gasteiger charge is 2.24. The largest absolute Gasteiger partial charge is 0.351 e. The van der Waals surface area contributed by atoms with Crippen LogP contribution >= 0.6 is 0 Å². The van der Waals surface area contributed by atoms with E-state index in [0.717, 1.165) is 21.9 Å². The second kappa shape index (κ2) is 8.88. The molecule has 29 heavy (non-hydrogen) atoms. The van der Waals surface area contributed by atoms with E-state index in [1.165, 1.54) is 0 Å². The van der Waals surface area contributed by atoms with Gasteiger partial charge in [-0.25, -0.2) is 0 Å². The molecule has 5 nitrogen and oxygen atoms in total. The number of rotatable bonds is 5. The van der Waals surface area contributed by atoms with Crippen LogP contribution in [0.4, 0.5) is 0 Å². The first-order valence-corrected chi connectivity index (χ1v) is 10.0. The van der Waals surface area contributed by atoms with Crippen molar-refractivity contribution in [3.8, 4) is 0 Å². The number of nitrogens with one attached hydrogen (secondary N) is 1. The highest BCUT2D eigenvalue weighted by atomic mass is 16.2. The van der Waals surface area contributed by atoms with Crippen LogP contribution in [0, 0.1) is 0 Å². The van der Waals surface area contributed by atoms with Crippen LogP contribution in [0.3, 0.4) is 0 Å². The Hall–Kier alpha value is -3.18. The standard InChI is InChI=1S/C24H25N3O2/c28-23(25-17-19-7-2-1-3-8-19)18-26-13-15-27(16-14-26)24(29)22-12-6-10-20-9-4-5-11-21(20)22/h1-12H,13-18H2,(H,25,28). The Bertz CT molecular complexity index is 990. The van der Waals surface area contributed by atoms with Crippen molar-refractivity contribution in [1.29, 1.82) is 0 Å². The molecule has 0 aliphatic carbocycles. The molecule has 0 aromatic heterocycles. The van der Waals surface area contributed by atoms with Crippen LogP contribution in [0.2, 0.25) is 0 Å². The Morgan fingerprint density at radius 1 is 0.793 bits per heavy atom. The van der Waals surface area contributed by atoms with Gasteiger partial charge in [0.05, 0.1) is 6.54 Å². The summed E-state index contributed by atoms with van der Waals surface area (Å²) in [6.07, 6.45) is 0. The Morgan fingerprint density at radius 2 is 1.48 bits per heavy atom. The molecule has 1 heterocycles. The molecule has 1 N–H and O–H groups in total. The lowest BCUT2D eigenvalue weighted by molar-refractivity contribution is -0.122. The van der Waals surface area contributed by atoms with E-state index in [0.29, 0.717) is 39.3 Å². The molecule has 148 valence electrons. The summed E-state index contributed by atoms with van der Waals surface area (Å²) in [6.45, 7) is 3.58. The van der Waals surface area contributed by atoms with Gasteiger partial charge in [0.1, 0.15) is 0 Å². The topological polar surface area (TPSA) is 52.7 Å². The highest BCUT2D eigenvalue weighted by Crippen LogP contribution is 2.20. The molecule has 1 aliphatic heterocycles. The third-order valence-electron chi connectivity index (χ3n) is 5.38. The van der Waals surface area contributed by atoms with Crippen LogP contribution in [-0.2, 0) is 11.3 Å². The molecule has 3 aromatic carbocycles. The van der Waals surface area contributed by atoms with Crippen molar-refractivity contribution >= 4 is 22.6 Å². The quantitative estimate of drug-likeness (QED) is 0.732. The van der Waals surface area contributed by atoms with Gasteiger partial charge in [-0.1, -0.05) is 66.7 Å². The fraction of sp³-hybridized carbons (Fsp3) is 0.250. The van der Waals surface area contributed by atoms with Crippen molar-refractivity contribution in [2.24, 2.45) is 0 Å². The average molecular weight is 387 g/mol. The van der Waals surface area contributed by atoms with Crippen molar-refractivity contribution in [3.05, 3.63) is 83.9 Å². The van der Waals surface area contributed by atoms with Gasteiger partial charge in [-0.05, 0) is 22.4 Å². The smallest absolute Gasteiger partial charge is 0.254 e. The summed E-state index contributed by atoms with van der Waals surface area (Å²) in [4.78, 5) is 29.3.